The first-order chi connectivity index (χ1) is 13.5. The van der Waals surface area contributed by atoms with E-state index in [-0.39, 0.29) is 5.91 Å². The van der Waals surface area contributed by atoms with E-state index in [1.165, 1.54) is 6.33 Å². The first-order valence-electron chi connectivity index (χ1n) is 9.22. The third-order valence-electron chi connectivity index (χ3n) is 5.17. The van der Waals surface area contributed by atoms with Crippen LogP contribution in [0.25, 0.3) is 5.69 Å². The van der Waals surface area contributed by atoms with Gasteiger partial charge in [0.25, 0.3) is 0 Å². The molecule has 4 rings (SSSR count). The average Bonchev–Trinajstić information content (AvgIpc) is 3.33. The quantitative estimate of drug-likeness (QED) is 0.726. The molecule has 0 bridgehead atoms. The number of anilines is 1. The highest BCUT2D eigenvalue weighted by molar-refractivity contribution is 6.30. The maximum Gasteiger partial charge on any atom is 0.227 e. The smallest absolute Gasteiger partial charge is 0.227 e. The Morgan fingerprint density at radius 3 is 2.50 bits per heavy atom. The summed E-state index contributed by atoms with van der Waals surface area (Å²) in [5.41, 5.74) is 3.77. The van der Waals surface area contributed by atoms with Gasteiger partial charge < -0.3 is 9.80 Å². The fourth-order valence-corrected chi connectivity index (χ4v) is 3.67. The fraction of sp³-hybridized carbons (Fsp3) is 0.368. The Balaban J connectivity index is 1.44. The topological polar surface area (TPSA) is 82.9 Å². The van der Waals surface area contributed by atoms with Gasteiger partial charge in [0.2, 0.25) is 11.9 Å². The van der Waals surface area contributed by atoms with Crippen LogP contribution in [0.1, 0.15) is 17.0 Å². The predicted octanol–water partition coefficient (Wildman–Crippen LogP) is 2.15. The van der Waals surface area contributed by atoms with Gasteiger partial charge in [-0.25, -0.2) is 9.78 Å². The van der Waals surface area contributed by atoms with Crippen molar-refractivity contribution >= 4 is 23.5 Å². The van der Waals surface area contributed by atoms with E-state index in [1.54, 1.807) is 0 Å². The lowest BCUT2D eigenvalue weighted by Gasteiger charge is -2.34. The Hall–Kier alpha value is -2.87. The largest absolute Gasteiger partial charge is 0.339 e. The third-order valence-corrected chi connectivity index (χ3v) is 5.43. The molecule has 28 heavy (non-hydrogen) atoms. The number of piperazine rings is 1. The lowest BCUT2D eigenvalue weighted by atomic mass is 10.1. The molecule has 1 aliphatic rings. The molecule has 1 N–H and O–H groups in total. The van der Waals surface area contributed by atoms with Crippen molar-refractivity contribution in [1.82, 2.24) is 29.9 Å². The second-order valence-corrected chi connectivity index (χ2v) is 7.33. The second kappa shape index (κ2) is 7.63. The zero-order valence-electron chi connectivity index (χ0n) is 15.9. The van der Waals surface area contributed by atoms with Crippen LogP contribution in [0.4, 0.5) is 5.95 Å². The molecule has 0 atom stereocenters. The zero-order chi connectivity index (χ0) is 19.7. The molecule has 3 heterocycles. The van der Waals surface area contributed by atoms with Gasteiger partial charge in [-0.05, 0) is 38.1 Å². The lowest BCUT2D eigenvalue weighted by molar-refractivity contribution is -0.130. The summed E-state index contributed by atoms with van der Waals surface area (Å²) in [6, 6.07) is 7.53. The third kappa shape index (κ3) is 3.60. The van der Waals surface area contributed by atoms with Gasteiger partial charge in [-0.15, -0.1) is 0 Å². The Morgan fingerprint density at radius 1 is 1.14 bits per heavy atom. The number of H-pyrrole nitrogens is 1. The maximum absolute atomic E-state index is 12.9. The summed E-state index contributed by atoms with van der Waals surface area (Å²) in [7, 11) is 0. The minimum absolute atomic E-state index is 0.124. The van der Waals surface area contributed by atoms with Crippen LogP contribution in [0.15, 0.2) is 30.6 Å². The van der Waals surface area contributed by atoms with E-state index in [0.29, 0.717) is 24.5 Å². The highest BCUT2D eigenvalue weighted by Crippen LogP contribution is 2.21. The normalized spacial score (nSPS) is 14.5. The van der Waals surface area contributed by atoms with Gasteiger partial charge in [0.1, 0.15) is 6.33 Å². The molecule has 3 aromatic rings. The van der Waals surface area contributed by atoms with Gasteiger partial charge in [-0.1, -0.05) is 11.6 Å². The number of hydrogen-bond acceptors (Lipinski definition) is 5. The van der Waals surface area contributed by atoms with Gasteiger partial charge in [0.15, 0.2) is 0 Å². The van der Waals surface area contributed by atoms with E-state index < -0.39 is 0 Å². The molecule has 0 unspecified atom stereocenters. The molecular weight excluding hydrogens is 378 g/mol. The molecule has 1 aromatic carbocycles. The summed E-state index contributed by atoms with van der Waals surface area (Å²) in [6.07, 6.45) is 1.85. The number of halogens is 1. The number of benzene rings is 1. The molecule has 8 nitrogen and oxygen atoms in total. The van der Waals surface area contributed by atoms with E-state index in [9.17, 15) is 4.79 Å². The number of hydrogen-bond donors (Lipinski definition) is 1. The highest BCUT2D eigenvalue weighted by Gasteiger charge is 2.24. The molecule has 0 radical (unpaired) electrons. The van der Waals surface area contributed by atoms with Gasteiger partial charge in [0, 0.05) is 42.5 Å². The van der Waals surface area contributed by atoms with Crippen LogP contribution in [0.2, 0.25) is 5.02 Å². The van der Waals surface area contributed by atoms with Gasteiger partial charge in [-0.2, -0.15) is 15.2 Å². The van der Waals surface area contributed by atoms with Crippen LogP contribution in [0.5, 0.6) is 0 Å². The van der Waals surface area contributed by atoms with Crippen molar-refractivity contribution in [3.63, 3.8) is 0 Å². The zero-order valence-corrected chi connectivity index (χ0v) is 16.6. The van der Waals surface area contributed by atoms with Crippen LogP contribution in [0.3, 0.4) is 0 Å². The Kier molecular flexibility index (Phi) is 5.04. The van der Waals surface area contributed by atoms with Crippen LogP contribution in [0, 0.1) is 13.8 Å². The summed E-state index contributed by atoms with van der Waals surface area (Å²) >= 11 is 5.98. The molecule has 146 valence electrons. The van der Waals surface area contributed by atoms with Gasteiger partial charge in [-0.3, -0.25) is 4.79 Å². The Bertz CT molecular complexity index is 957. The molecule has 0 saturated carbocycles. The molecule has 0 aliphatic carbocycles. The van der Waals surface area contributed by atoms with E-state index >= 15 is 0 Å². The fourth-order valence-electron chi connectivity index (χ4n) is 3.55. The minimum atomic E-state index is 0.124. The summed E-state index contributed by atoms with van der Waals surface area (Å²) < 4.78 is 1.87. The summed E-state index contributed by atoms with van der Waals surface area (Å²) in [4.78, 5) is 21.1. The number of amides is 1. The molecular formula is C19H22ClN7O. The molecule has 0 spiro atoms. The number of nitrogens with zero attached hydrogens (tertiary/aromatic N) is 6. The van der Waals surface area contributed by atoms with E-state index in [2.05, 4.69) is 25.2 Å². The Labute approximate surface area is 168 Å². The van der Waals surface area contributed by atoms with E-state index in [1.807, 2.05) is 47.7 Å². The van der Waals surface area contributed by atoms with Crippen molar-refractivity contribution in [3.8, 4) is 5.69 Å². The number of aromatic nitrogens is 5. The molecule has 9 heteroatoms. The lowest BCUT2D eigenvalue weighted by Crippen LogP contribution is -2.49. The van der Waals surface area contributed by atoms with E-state index in [4.69, 9.17) is 11.6 Å². The van der Waals surface area contributed by atoms with Crippen molar-refractivity contribution < 1.29 is 4.79 Å². The standard InChI is InChI=1S/C19H22ClN7O/c1-13-17(14(2)27(24-13)16-5-3-15(20)4-6-16)11-18(28)25-7-9-26(10-8-25)19-21-12-22-23-19/h3-6,12H,7-11H2,1-2H3,(H,21,22,23). The summed E-state index contributed by atoms with van der Waals surface area (Å²) in [5.74, 6) is 0.877. The van der Waals surface area contributed by atoms with Gasteiger partial charge >= 0.3 is 0 Å². The summed E-state index contributed by atoms with van der Waals surface area (Å²) in [5, 5.41) is 12.1. The number of carbonyl (C=O) groups is 1. The first-order valence-corrected chi connectivity index (χ1v) is 9.60. The number of carbonyl (C=O) groups excluding carboxylic acids is 1. The van der Waals surface area contributed by atoms with E-state index in [0.717, 1.165) is 41.7 Å². The SMILES string of the molecule is Cc1nn(-c2ccc(Cl)cc2)c(C)c1CC(=O)N1CCN(c2ncn[nH]2)CC1. The van der Waals surface area contributed by atoms with Crippen LogP contribution >= 0.6 is 11.6 Å². The molecule has 2 aromatic heterocycles. The van der Waals surface area contributed by atoms with Crippen molar-refractivity contribution in [2.75, 3.05) is 31.1 Å². The monoisotopic (exact) mass is 399 g/mol. The minimum Gasteiger partial charge on any atom is -0.339 e. The van der Waals surface area contributed by atoms with Crippen molar-refractivity contribution in [3.05, 3.63) is 52.6 Å². The van der Waals surface area contributed by atoms with Crippen LogP contribution in [-0.2, 0) is 11.2 Å². The van der Waals surface area contributed by atoms with Gasteiger partial charge in [0.05, 0.1) is 17.8 Å². The molecule has 1 amide bonds. The number of rotatable bonds is 4. The predicted molar refractivity (Wildman–Crippen MR) is 107 cm³/mol. The van der Waals surface area contributed by atoms with Crippen LogP contribution < -0.4 is 4.90 Å². The highest BCUT2D eigenvalue weighted by atomic mass is 35.5. The number of aromatic amines is 1. The molecule has 1 fully saturated rings. The molecule has 1 aliphatic heterocycles. The van der Waals surface area contributed by atoms with Crippen LogP contribution in [-0.4, -0.2) is 61.9 Å². The molecule has 1 saturated heterocycles. The number of nitrogens with one attached hydrogen (secondary N) is 1. The second-order valence-electron chi connectivity index (χ2n) is 6.89. The number of aryl methyl sites for hydroxylation is 1. The van der Waals surface area contributed by atoms with Crippen molar-refractivity contribution in [2.24, 2.45) is 0 Å². The summed E-state index contributed by atoms with van der Waals surface area (Å²) in [6.45, 7) is 6.76. The van der Waals surface area contributed by atoms with Crippen molar-refractivity contribution in [1.29, 1.82) is 0 Å². The van der Waals surface area contributed by atoms with Crippen molar-refractivity contribution in [2.45, 2.75) is 20.3 Å². The average molecular weight is 400 g/mol. The maximum atomic E-state index is 12.9. The first kappa shape index (κ1) is 18.5. The Morgan fingerprint density at radius 2 is 1.86 bits per heavy atom.